The predicted molar refractivity (Wildman–Crippen MR) is 98.9 cm³/mol. The number of sulfone groups is 1. The molecule has 1 aromatic heterocycles. The van der Waals surface area contributed by atoms with Crippen molar-refractivity contribution in [2.75, 3.05) is 45.2 Å². The first-order chi connectivity index (χ1) is 12.2. The summed E-state index contributed by atoms with van der Waals surface area (Å²) in [6.45, 7) is 3.41. The summed E-state index contributed by atoms with van der Waals surface area (Å²) in [5, 5.41) is 2.78. The van der Waals surface area contributed by atoms with Crippen molar-refractivity contribution in [2.45, 2.75) is 19.4 Å². The molecule has 2 amide bonds. The van der Waals surface area contributed by atoms with Gasteiger partial charge in [0.05, 0.1) is 22.6 Å². The lowest BCUT2D eigenvalue weighted by molar-refractivity contribution is 0.0708. The third-order valence-electron chi connectivity index (χ3n) is 4.34. The van der Waals surface area contributed by atoms with E-state index in [0.29, 0.717) is 31.6 Å². The highest BCUT2D eigenvalue weighted by atomic mass is 32.2. The second-order valence-corrected chi connectivity index (χ2v) is 8.90. The largest absolute Gasteiger partial charge is 0.351 e. The molecule has 1 unspecified atom stereocenters. The van der Waals surface area contributed by atoms with E-state index in [1.54, 1.807) is 4.90 Å². The Labute approximate surface area is 154 Å². The van der Waals surface area contributed by atoms with Crippen molar-refractivity contribution in [3.8, 4) is 0 Å². The van der Waals surface area contributed by atoms with E-state index in [1.807, 2.05) is 25.9 Å². The number of pyridine rings is 1. The zero-order valence-electron chi connectivity index (χ0n) is 15.4. The molecule has 2 heterocycles. The number of hydrogen-bond acceptors (Lipinski definition) is 6. The molecule has 0 aromatic carbocycles. The van der Waals surface area contributed by atoms with Gasteiger partial charge in [-0.2, -0.15) is 0 Å². The lowest BCUT2D eigenvalue weighted by atomic mass is 10.1. The van der Waals surface area contributed by atoms with Gasteiger partial charge in [-0.1, -0.05) is 0 Å². The monoisotopic (exact) mass is 382 g/mol. The summed E-state index contributed by atoms with van der Waals surface area (Å²) >= 11 is 0. The molecule has 9 heteroatoms. The number of amides is 2. The van der Waals surface area contributed by atoms with Crippen LogP contribution in [-0.2, 0) is 9.84 Å². The normalized spacial score (nSPS) is 18.7. The van der Waals surface area contributed by atoms with Crippen LogP contribution in [0.25, 0.3) is 0 Å². The Morgan fingerprint density at radius 2 is 1.96 bits per heavy atom. The van der Waals surface area contributed by atoms with E-state index in [1.165, 1.54) is 18.5 Å². The van der Waals surface area contributed by atoms with Gasteiger partial charge in [0.1, 0.15) is 0 Å². The van der Waals surface area contributed by atoms with Crippen LogP contribution in [0.2, 0.25) is 0 Å². The molecule has 144 valence electrons. The average molecular weight is 382 g/mol. The third-order valence-corrected chi connectivity index (χ3v) is 6.09. The predicted octanol–water partition coefficient (Wildman–Crippen LogP) is 0.0222. The van der Waals surface area contributed by atoms with E-state index < -0.39 is 9.84 Å². The number of rotatable bonds is 7. The molecule has 1 atom stereocenters. The van der Waals surface area contributed by atoms with Crippen LogP contribution in [0.3, 0.4) is 0 Å². The van der Waals surface area contributed by atoms with Crippen LogP contribution in [0, 0.1) is 0 Å². The summed E-state index contributed by atoms with van der Waals surface area (Å²) in [4.78, 5) is 32.5. The van der Waals surface area contributed by atoms with Gasteiger partial charge in [0.25, 0.3) is 11.8 Å². The van der Waals surface area contributed by atoms with Crippen molar-refractivity contribution < 1.29 is 18.0 Å². The summed E-state index contributed by atoms with van der Waals surface area (Å²) in [7, 11) is 0.742. The van der Waals surface area contributed by atoms with Crippen molar-refractivity contribution in [3.63, 3.8) is 0 Å². The fourth-order valence-corrected chi connectivity index (χ4v) is 4.66. The second kappa shape index (κ2) is 8.59. The highest BCUT2D eigenvalue weighted by molar-refractivity contribution is 7.91. The van der Waals surface area contributed by atoms with Crippen LogP contribution in [0.1, 0.15) is 34.1 Å². The van der Waals surface area contributed by atoms with E-state index in [9.17, 15) is 18.0 Å². The van der Waals surface area contributed by atoms with Crippen LogP contribution in [0.5, 0.6) is 0 Å². The van der Waals surface area contributed by atoms with E-state index >= 15 is 0 Å². The Kier molecular flexibility index (Phi) is 6.71. The molecule has 8 nitrogen and oxygen atoms in total. The molecule has 0 spiro atoms. The van der Waals surface area contributed by atoms with Gasteiger partial charge >= 0.3 is 0 Å². The van der Waals surface area contributed by atoms with Crippen molar-refractivity contribution in [3.05, 3.63) is 29.6 Å². The van der Waals surface area contributed by atoms with E-state index in [2.05, 4.69) is 10.3 Å². The summed E-state index contributed by atoms with van der Waals surface area (Å²) in [6.07, 6.45) is 3.27. The third kappa shape index (κ3) is 5.25. The number of nitrogens with one attached hydrogen (secondary N) is 1. The minimum absolute atomic E-state index is 0.00921. The molecule has 26 heavy (non-hydrogen) atoms. The number of nitrogens with zero attached hydrogens (tertiary/aromatic N) is 3. The number of hydrogen-bond donors (Lipinski definition) is 1. The maximum Gasteiger partial charge on any atom is 0.255 e. The Morgan fingerprint density at radius 1 is 1.27 bits per heavy atom. The van der Waals surface area contributed by atoms with Gasteiger partial charge in [-0.15, -0.1) is 0 Å². The first-order valence-corrected chi connectivity index (χ1v) is 10.4. The molecule has 0 radical (unpaired) electrons. The number of carbonyl (C=O) groups is 2. The topological polar surface area (TPSA) is 99.7 Å². The van der Waals surface area contributed by atoms with Crippen molar-refractivity contribution in [1.82, 2.24) is 20.1 Å². The van der Waals surface area contributed by atoms with Crippen LogP contribution < -0.4 is 5.32 Å². The zero-order valence-corrected chi connectivity index (χ0v) is 16.3. The molecule has 0 saturated carbocycles. The SMILES string of the molecule is CCN(C(=O)c1cncc(C(=O)NCCN(C)C)c1)C1CCS(=O)(=O)C1. The van der Waals surface area contributed by atoms with Gasteiger partial charge in [-0.3, -0.25) is 14.6 Å². The smallest absolute Gasteiger partial charge is 0.255 e. The molecular formula is C17H26N4O4S. The van der Waals surface area contributed by atoms with Gasteiger partial charge in [0.2, 0.25) is 0 Å². The highest BCUT2D eigenvalue weighted by Crippen LogP contribution is 2.20. The van der Waals surface area contributed by atoms with Crippen molar-refractivity contribution >= 4 is 21.7 Å². The fraction of sp³-hybridized carbons (Fsp3) is 0.588. The quantitative estimate of drug-likeness (QED) is 0.714. The summed E-state index contributed by atoms with van der Waals surface area (Å²) in [5.41, 5.74) is 0.598. The van der Waals surface area contributed by atoms with E-state index in [0.717, 1.165) is 0 Å². The number of aromatic nitrogens is 1. The molecule has 2 rings (SSSR count). The van der Waals surface area contributed by atoms with Crippen molar-refractivity contribution in [1.29, 1.82) is 0 Å². The Morgan fingerprint density at radius 3 is 2.54 bits per heavy atom. The Hall–Kier alpha value is -2.00. The lowest BCUT2D eigenvalue weighted by Crippen LogP contribution is -2.41. The summed E-state index contributed by atoms with van der Waals surface area (Å²) < 4.78 is 23.4. The minimum Gasteiger partial charge on any atom is -0.351 e. The standard InChI is InChI=1S/C17H26N4O4S/c1-4-21(15-5-8-26(24,25)12-15)17(23)14-9-13(10-18-11-14)16(22)19-6-7-20(2)3/h9-11,15H,4-8,12H2,1-3H3,(H,19,22). The van der Waals surface area contributed by atoms with Gasteiger partial charge in [0.15, 0.2) is 9.84 Å². The average Bonchev–Trinajstić information content (AvgIpc) is 2.94. The maximum absolute atomic E-state index is 12.8. The maximum atomic E-state index is 12.8. The van der Waals surface area contributed by atoms with Crippen LogP contribution in [0.4, 0.5) is 0 Å². The van der Waals surface area contributed by atoms with E-state index in [4.69, 9.17) is 0 Å². The minimum atomic E-state index is -3.08. The van der Waals surface area contributed by atoms with Crippen LogP contribution in [-0.4, -0.2) is 86.3 Å². The Bertz CT molecular complexity index is 764. The molecule has 1 saturated heterocycles. The Balaban J connectivity index is 2.10. The molecule has 0 aliphatic carbocycles. The molecule has 1 N–H and O–H groups in total. The van der Waals surface area contributed by atoms with Gasteiger partial charge < -0.3 is 15.1 Å². The van der Waals surface area contributed by atoms with Gasteiger partial charge in [-0.05, 0) is 33.5 Å². The van der Waals surface area contributed by atoms with Crippen LogP contribution >= 0.6 is 0 Å². The molecule has 0 bridgehead atoms. The highest BCUT2D eigenvalue weighted by Gasteiger charge is 2.34. The lowest BCUT2D eigenvalue weighted by Gasteiger charge is -2.26. The number of carbonyl (C=O) groups excluding carboxylic acids is 2. The number of likely N-dealkylation sites (N-methyl/N-ethyl adjacent to an activating group) is 1. The molecule has 1 fully saturated rings. The molecule has 1 aliphatic heterocycles. The first kappa shape index (κ1) is 20.3. The second-order valence-electron chi connectivity index (χ2n) is 6.67. The molecular weight excluding hydrogens is 356 g/mol. The first-order valence-electron chi connectivity index (χ1n) is 8.63. The fourth-order valence-electron chi connectivity index (χ4n) is 2.93. The van der Waals surface area contributed by atoms with E-state index in [-0.39, 0.29) is 34.9 Å². The zero-order chi connectivity index (χ0) is 19.3. The summed E-state index contributed by atoms with van der Waals surface area (Å²) in [5.74, 6) is -0.496. The van der Waals surface area contributed by atoms with Gasteiger partial charge in [-0.25, -0.2) is 8.42 Å². The molecule has 1 aromatic rings. The molecule has 1 aliphatic rings. The van der Waals surface area contributed by atoms with Crippen LogP contribution in [0.15, 0.2) is 18.5 Å². The van der Waals surface area contributed by atoms with Gasteiger partial charge in [0, 0.05) is 38.1 Å². The van der Waals surface area contributed by atoms with Crippen molar-refractivity contribution in [2.24, 2.45) is 0 Å². The summed E-state index contributed by atoms with van der Waals surface area (Å²) in [6, 6.07) is 1.18.